The van der Waals surface area contributed by atoms with Crippen molar-refractivity contribution < 1.29 is 9.47 Å². The van der Waals surface area contributed by atoms with Crippen molar-refractivity contribution in [3.05, 3.63) is 0 Å². The Bertz CT molecular complexity index is 178. The smallest absolute Gasteiger partial charge is 0.170 e. The Balaban J connectivity index is 2.43. The molecule has 102 valence electrons. The predicted octanol–water partition coefficient (Wildman–Crippen LogP) is 1.46. The van der Waals surface area contributed by atoms with E-state index in [-0.39, 0.29) is 6.29 Å². The van der Waals surface area contributed by atoms with E-state index in [0.717, 1.165) is 26.2 Å². The van der Waals surface area contributed by atoms with Crippen LogP contribution >= 0.6 is 0 Å². The van der Waals surface area contributed by atoms with Crippen LogP contribution in [0.4, 0.5) is 0 Å². The molecular formula is C13H28N2O2. The van der Waals surface area contributed by atoms with Crippen molar-refractivity contribution in [2.24, 2.45) is 0 Å². The van der Waals surface area contributed by atoms with E-state index in [9.17, 15) is 0 Å². The molecule has 1 saturated heterocycles. The summed E-state index contributed by atoms with van der Waals surface area (Å²) in [6.07, 6.45) is 2.35. The van der Waals surface area contributed by atoms with E-state index in [1.807, 2.05) is 13.8 Å². The predicted molar refractivity (Wildman–Crippen MR) is 70.2 cm³/mol. The molecule has 0 saturated carbocycles. The lowest BCUT2D eigenvalue weighted by Gasteiger charge is -2.31. The third-order valence-electron chi connectivity index (χ3n) is 3.15. The van der Waals surface area contributed by atoms with Gasteiger partial charge in [0.2, 0.25) is 0 Å². The Morgan fingerprint density at radius 2 is 1.94 bits per heavy atom. The van der Waals surface area contributed by atoms with Gasteiger partial charge >= 0.3 is 0 Å². The van der Waals surface area contributed by atoms with Gasteiger partial charge in [-0.05, 0) is 39.8 Å². The first kappa shape index (κ1) is 14.9. The minimum absolute atomic E-state index is 0.0721. The van der Waals surface area contributed by atoms with E-state index in [2.05, 4.69) is 17.1 Å². The summed E-state index contributed by atoms with van der Waals surface area (Å²) in [6, 6.07) is 0.651. The summed E-state index contributed by atoms with van der Waals surface area (Å²) in [6.45, 7) is 12.0. The summed E-state index contributed by atoms with van der Waals surface area (Å²) in [5.41, 5.74) is 0. The molecule has 1 rings (SSSR count). The zero-order chi connectivity index (χ0) is 12.5. The van der Waals surface area contributed by atoms with Crippen LogP contribution < -0.4 is 5.32 Å². The molecule has 1 atom stereocenters. The first-order chi connectivity index (χ1) is 8.31. The summed E-state index contributed by atoms with van der Waals surface area (Å²) < 4.78 is 11.3. The standard InChI is InChI=1S/C13H28N2O2/c1-4-9-15(12-7-8-14-10-12)11-13(16-5-2)17-6-3/h12-14H,4-11H2,1-3H3. The fourth-order valence-corrected chi connectivity index (χ4v) is 2.38. The highest BCUT2D eigenvalue weighted by atomic mass is 16.7. The first-order valence-electron chi connectivity index (χ1n) is 6.99. The monoisotopic (exact) mass is 244 g/mol. The van der Waals surface area contributed by atoms with Gasteiger partial charge in [-0.1, -0.05) is 6.92 Å². The van der Waals surface area contributed by atoms with Crippen LogP contribution in [-0.4, -0.2) is 56.6 Å². The number of ether oxygens (including phenoxy) is 2. The Kier molecular flexibility index (Phi) is 7.77. The minimum Gasteiger partial charge on any atom is -0.352 e. The number of hydrogen-bond acceptors (Lipinski definition) is 4. The molecule has 0 aromatic rings. The molecule has 0 spiro atoms. The molecule has 1 fully saturated rings. The van der Waals surface area contributed by atoms with Crippen molar-refractivity contribution >= 4 is 0 Å². The van der Waals surface area contributed by atoms with Crippen LogP contribution in [0.1, 0.15) is 33.6 Å². The van der Waals surface area contributed by atoms with Crippen LogP contribution in [0.2, 0.25) is 0 Å². The second kappa shape index (κ2) is 8.86. The first-order valence-corrected chi connectivity index (χ1v) is 6.99. The van der Waals surface area contributed by atoms with Crippen molar-refractivity contribution in [1.29, 1.82) is 0 Å². The second-order valence-electron chi connectivity index (χ2n) is 4.48. The molecule has 0 amide bonds. The summed E-state index contributed by atoms with van der Waals surface area (Å²) >= 11 is 0. The van der Waals surface area contributed by atoms with Crippen LogP contribution in [0.5, 0.6) is 0 Å². The molecule has 4 heteroatoms. The molecule has 0 aromatic carbocycles. The van der Waals surface area contributed by atoms with E-state index in [0.29, 0.717) is 19.3 Å². The molecule has 0 aromatic heterocycles. The molecule has 0 bridgehead atoms. The normalized spacial score (nSPS) is 20.6. The second-order valence-corrected chi connectivity index (χ2v) is 4.48. The third-order valence-corrected chi connectivity index (χ3v) is 3.15. The average molecular weight is 244 g/mol. The van der Waals surface area contributed by atoms with Gasteiger partial charge in [0.1, 0.15) is 0 Å². The van der Waals surface area contributed by atoms with Crippen molar-refractivity contribution in [2.75, 3.05) is 39.4 Å². The Morgan fingerprint density at radius 1 is 1.24 bits per heavy atom. The number of rotatable bonds is 9. The van der Waals surface area contributed by atoms with Crippen LogP contribution in [0.3, 0.4) is 0 Å². The molecule has 4 nitrogen and oxygen atoms in total. The minimum atomic E-state index is -0.0721. The SMILES string of the molecule is CCCN(CC(OCC)OCC)C1CCNC1. The molecule has 1 N–H and O–H groups in total. The van der Waals surface area contributed by atoms with Crippen molar-refractivity contribution in [3.8, 4) is 0 Å². The average Bonchev–Trinajstić information content (AvgIpc) is 2.82. The van der Waals surface area contributed by atoms with E-state index in [4.69, 9.17) is 9.47 Å². The van der Waals surface area contributed by atoms with Gasteiger partial charge < -0.3 is 14.8 Å². The maximum atomic E-state index is 5.63. The maximum absolute atomic E-state index is 5.63. The van der Waals surface area contributed by atoms with Gasteiger partial charge in [0.05, 0.1) is 0 Å². The molecule has 0 aliphatic carbocycles. The fraction of sp³-hybridized carbons (Fsp3) is 1.00. The van der Waals surface area contributed by atoms with Crippen molar-refractivity contribution in [2.45, 2.75) is 45.9 Å². The summed E-state index contributed by atoms with van der Waals surface area (Å²) in [5, 5.41) is 3.43. The lowest BCUT2D eigenvalue weighted by molar-refractivity contribution is -0.150. The lowest BCUT2D eigenvalue weighted by atomic mass is 10.2. The number of nitrogens with one attached hydrogen (secondary N) is 1. The molecule has 1 aliphatic rings. The summed E-state index contributed by atoms with van der Waals surface area (Å²) in [7, 11) is 0. The Morgan fingerprint density at radius 3 is 2.41 bits per heavy atom. The molecule has 0 radical (unpaired) electrons. The Labute approximate surface area is 106 Å². The van der Waals surface area contributed by atoms with Crippen molar-refractivity contribution in [1.82, 2.24) is 10.2 Å². The maximum Gasteiger partial charge on any atom is 0.170 e. The van der Waals surface area contributed by atoms with Crippen LogP contribution in [0.15, 0.2) is 0 Å². The quantitative estimate of drug-likeness (QED) is 0.623. The summed E-state index contributed by atoms with van der Waals surface area (Å²) in [5.74, 6) is 0. The lowest BCUT2D eigenvalue weighted by Crippen LogP contribution is -2.43. The highest BCUT2D eigenvalue weighted by molar-refractivity contribution is 4.81. The number of nitrogens with zero attached hydrogens (tertiary/aromatic N) is 1. The van der Waals surface area contributed by atoms with Gasteiger partial charge in [-0.15, -0.1) is 0 Å². The van der Waals surface area contributed by atoms with E-state index in [1.165, 1.54) is 12.8 Å². The zero-order valence-electron chi connectivity index (χ0n) is 11.6. The van der Waals surface area contributed by atoms with Crippen LogP contribution in [0.25, 0.3) is 0 Å². The van der Waals surface area contributed by atoms with Crippen LogP contribution in [-0.2, 0) is 9.47 Å². The molecule has 1 aliphatic heterocycles. The highest BCUT2D eigenvalue weighted by Gasteiger charge is 2.24. The zero-order valence-corrected chi connectivity index (χ0v) is 11.6. The Hall–Kier alpha value is -0.160. The molecule has 1 unspecified atom stereocenters. The topological polar surface area (TPSA) is 33.7 Å². The largest absolute Gasteiger partial charge is 0.352 e. The van der Waals surface area contributed by atoms with Gasteiger partial charge in [0, 0.05) is 32.3 Å². The van der Waals surface area contributed by atoms with Crippen molar-refractivity contribution in [3.63, 3.8) is 0 Å². The highest BCUT2D eigenvalue weighted by Crippen LogP contribution is 2.11. The molecular weight excluding hydrogens is 216 g/mol. The molecule has 1 heterocycles. The van der Waals surface area contributed by atoms with Crippen LogP contribution in [0, 0.1) is 0 Å². The van der Waals surface area contributed by atoms with Gasteiger partial charge in [0.15, 0.2) is 6.29 Å². The van der Waals surface area contributed by atoms with E-state index < -0.39 is 0 Å². The summed E-state index contributed by atoms with van der Waals surface area (Å²) in [4.78, 5) is 2.51. The number of hydrogen-bond donors (Lipinski definition) is 1. The van der Waals surface area contributed by atoms with Gasteiger partial charge in [0.25, 0.3) is 0 Å². The fourth-order valence-electron chi connectivity index (χ4n) is 2.38. The third kappa shape index (κ3) is 5.34. The van der Waals surface area contributed by atoms with Gasteiger partial charge in [-0.3, -0.25) is 4.90 Å². The van der Waals surface area contributed by atoms with Gasteiger partial charge in [-0.25, -0.2) is 0 Å². The van der Waals surface area contributed by atoms with E-state index in [1.54, 1.807) is 0 Å². The van der Waals surface area contributed by atoms with Gasteiger partial charge in [-0.2, -0.15) is 0 Å². The molecule has 17 heavy (non-hydrogen) atoms. The van der Waals surface area contributed by atoms with E-state index >= 15 is 0 Å².